The molecular formula is C20H23N3OS. The monoisotopic (exact) mass is 353 g/mol. The lowest BCUT2D eigenvalue weighted by atomic mass is 9.83. The molecule has 0 unspecified atom stereocenters. The van der Waals surface area contributed by atoms with Gasteiger partial charge in [0.05, 0.1) is 6.04 Å². The lowest BCUT2D eigenvalue weighted by Gasteiger charge is -2.44. The minimum absolute atomic E-state index is 0.124. The molecule has 5 heteroatoms. The van der Waals surface area contributed by atoms with E-state index in [1.807, 2.05) is 16.7 Å². The van der Waals surface area contributed by atoms with Crippen molar-refractivity contribution in [3.63, 3.8) is 0 Å². The van der Waals surface area contributed by atoms with E-state index in [4.69, 9.17) is 12.2 Å². The average Bonchev–Trinajstić information content (AvgIpc) is 2.63. The van der Waals surface area contributed by atoms with Crippen LogP contribution in [0.2, 0.25) is 0 Å². The molecule has 2 aliphatic heterocycles. The molecule has 2 aromatic rings. The van der Waals surface area contributed by atoms with E-state index in [0.29, 0.717) is 11.8 Å². The van der Waals surface area contributed by atoms with Crippen molar-refractivity contribution in [2.45, 2.75) is 31.8 Å². The molecule has 4 nitrogen and oxygen atoms in total. The van der Waals surface area contributed by atoms with Crippen LogP contribution in [0.25, 0.3) is 0 Å². The van der Waals surface area contributed by atoms with Gasteiger partial charge < -0.3 is 14.8 Å². The third kappa shape index (κ3) is 3.21. The Hall–Kier alpha value is -2.14. The summed E-state index contributed by atoms with van der Waals surface area (Å²) in [7, 11) is 0. The van der Waals surface area contributed by atoms with E-state index in [0.717, 1.165) is 36.9 Å². The summed E-state index contributed by atoms with van der Waals surface area (Å²) in [6.45, 7) is 4.75. The summed E-state index contributed by atoms with van der Waals surface area (Å²) in [6.07, 6.45) is 1.15. The van der Waals surface area contributed by atoms with Gasteiger partial charge >= 0.3 is 0 Å². The highest BCUT2D eigenvalue weighted by Gasteiger charge is 2.35. The molecule has 0 saturated carbocycles. The summed E-state index contributed by atoms with van der Waals surface area (Å²) in [4.78, 5) is 14.4. The number of likely N-dealkylation sites (tertiary alicyclic amines) is 1. The fourth-order valence-electron chi connectivity index (χ4n) is 4.16. The van der Waals surface area contributed by atoms with Crippen molar-refractivity contribution in [3.8, 4) is 0 Å². The number of thiocarbonyl (C=S) groups is 1. The van der Waals surface area contributed by atoms with Gasteiger partial charge in [0.15, 0.2) is 5.11 Å². The molecular weight excluding hydrogens is 330 g/mol. The summed E-state index contributed by atoms with van der Waals surface area (Å²) in [5, 5.41) is 4.30. The first-order valence-electron chi connectivity index (χ1n) is 8.92. The van der Waals surface area contributed by atoms with Crippen molar-refractivity contribution in [2.24, 2.45) is 5.92 Å². The Balaban J connectivity index is 1.48. The standard InChI is InChI=1S/C20H23N3OS/c1-14(16-6-3-2-4-7-16)21-20(25)22-11-15-10-17(13-22)18-8-5-9-19(24)23(18)12-15/h2-9,14-15,17H,10-13H2,1H3,(H,21,25)/t14-,15-,17-/m0/s1. The molecule has 0 amide bonds. The minimum atomic E-state index is 0.124. The van der Waals surface area contributed by atoms with Crippen molar-refractivity contribution in [3.05, 3.63) is 70.1 Å². The molecule has 1 aromatic carbocycles. The zero-order chi connectivity index (χ0) is 17.4. The summed E-state index contributed by atoms with van der Waals surface area (Å²) in [5.74, 6) is 0.867. The molecule has 1 saturated heterocycles. The highest BCUT2D eigenvalue weighted by molar-refractivity contribution is 7.80. The largest absolute Gasteiger partial charge is 0.356 e. The highest BCUT2D eigenvalue weighted by Crippen LogP contribution is 2.35. The number of hydrogen-bond acceptors (Lipinski definition) is 2. The van der Waals surface area contributed by atoms with Crippen molar-refractivity contribution < 1.29 is 0 Å². The number of fused-ring (bicyclic) bond motifs is 4. The Morgan fingerprint density at radius 1 is 1.12 bits per heavy atom. The van der Waals surface area contributed by atoms with Crippen LogP contribution < -0.4 is 10.9 Å². The zero-order valence-electron chi connectivity index (χ0n) is 14.4. The number of piperidine rings is 1. The Labute approximate surface area is 153 Å². The maximum absolute atomic E-state index is 12.1. The second kappa shape index (κ2) is 6.64. The Morgan fingerprint density at radius 3 is 2.72 bits per heavy atom. The molecule has 1 N–H and O–H groups in total. The Morgan fingerprint density at radius 2 is 1.92 bits per heavy atom. The molecule has 2 aliphatic rings. The van der Waals surface area contributed by atoms with Gasteiger partial charge in [-0.1, -0.05) is 36.4 Å². The molecule has 0 aliphatic carbocycles. The van der Waals surface area contributed by atoms with Crippen molar-refractivity contribution in [1.29, 1.82) is 0 Å². The predicted molar refractivity (Wildman–Crippen MR) is 104 cm³/mol. The first-order chi connectivity index (χ1) is 12.1. The summed E-state index contributed by atoms with van der Waals surface area (Å²) in [6, 6.07) is 16.2. The molecule has 3 heterocycles. The highest BCUT2D eigenvalue weighted by atomic mass is 32.1. The van der Waals surface area contributed by atoms with Crippen LogP contribution in [0.15, 0.2) is 53.3 Å². The first kappa shape index (κ1) is 16.3. The molecule has 1 fully saturated rings. The maximum atomic E-state index is 12.1. The van der Waals surface area contributed by atoms with E-state index in [1.54, 1.807) is 6.07 Å². The van der Waals surface area contributed by atoms with E-state index >= 15 is 0 Å². The van der Waals surface area contributed by atoms with Crippen LogP contribution in [0.1, 0.15) is 36.6 Å². The van der Waals surface area contributed by atoms with Crippen LogP contribution in [0.3, 0.4) is 0 Å². The number of nitrogens with zero attached hydrogens (tertiary/aromatic N) is 2. The lowest BCUT2D eigenvalue weighted by Crippen LogP contribution is -2.52. The third-order valence-electron chi connectivity index (χ3n) is 5.41. The quantitative estimate of drug-likeness (QED) is 0.843. The van der Waals surface area contributed by atoms with Crippen LogP contribution in [0, 0.1) is 5.92 Å². The second-order valence-electron chi connectivity index (χ2n) is 7.18. The predicted octanol–water partition coefficient (Wildman–Crippen LogP) is 2.90. The molecule has 1 aromatic heterocycles. The number of nitrogens with one attached hydrogen (secondary N) is 1. The van der Waals surface area contributed by atoms with Crippen LogP contribution in [0.4, 0.5) is 0 Å². The van der Waals surface area contributed by atoms with Gasteiger partial charge in [-0.2, -0.15) is 0 Å². The summed E-state index contributed by atoms with van der Waals surface area (Å²) < 4.78 is 1.96. The lowest BCUT2D eigenvalue weighted by molar-refractivity contribution is 0.176. The number of benzene rings is 1. The summed E-state index contributed by atoms with van der Waals surface area (Å²) in [5.41, 5.74) is 2.52. The molecule has 3 atom stereocenters. The topological polar surface area (TPSA) is 37.3 Å². The van der Waals surface area contributed by atoms with E-state index in [1.165, 1.54) is 5.56 Å². The van der Waals surface area contributed by atoms with Crippen LogP contribution >= 0.6 is 12.2 Å². The molecule has 2 bridgehead atoms. The number of aromatic nitrogens is 1. The van der Waals surface area contributed by atoms with E-state index in [2.05, 4.69) is 47.5 Å². The molecule has 0 spiro atoms. The zero-order valence-corrected chi connectivity index (χ0v) is 15.2. The van der Waals surface area contributed by atoms with Gasteiger partial charge in [-0.05, 0) is 43.1 Å². The van der Waals surface area contributed by atoms with Gasteiger partial charge in [-0.15, -0.1) is 0 Å². The molecule has 4 rings (SSSR count). The van der Waals surface area contributed by atoms with Crippen molar-refractivity contribution >= 4 is 17.3 Å². The van der Waals surface area contributed by atoms with Crippen molar-refractivity contribution in [2.75, 3.05) is 13.1 Å². The Kier molecular flexibility index (Phi) is 4.34. The number of pyridine rings is 1. The fourth-order valence-corrected chi connectivity index (χ4v) is 4.49. The van der Waals surface area contributed by atoms with Crippen LogP contribution in [0.5, 0.6) is 0 Å². The first-order valence-corrected chi connectivity index (χ1v) is 9.33. The third-order valence-corrected chi connectivity index (χ3v) is 5.78. The normalized spacial score (nSPS) is 22.8. The van der Waals surface area contributed by atoms with E-state index in [9.17, 15) is 4.79 Å². The van der Waals surface area contributed by atoms with Crippen molar-refractivity contribution in [1.82, 2.24) is 14.8 Å². The number of rotatable bonds is 2. The van der Waals surface area contributed by atoms with E-state index < -0.39 is 0 Å². The van der Waals surface area contributed by atoms with Gasteiger partial charge in [0.2, 0.25) is 0 Å². The summed E-state index contributed by atoms with van der Waals surface area (Å²) >= 11 is 5.70. The number of hydrogen-bond donors (Lipinski definition) is 1. The van der Waals surface area contributed by atoms with E-state index in [-0.39, 0.29) is 11.6 Å². The molecule has 0 radical (unpaired) electrons. The van der Waals surface area contributed by atoms with Gasteiger partial charge in [0, 0.05) is 37.3 Å². The van der Waals surface area contributed by atoms with Gasteiger partial charge in [-0.25, -0.2) is 0 Å². The SMILES string of the molecule is C[C@H](NC(=S)N1C[C@@H]2C[C@@H](C1)c1cccc(=O)n1C2)c1ccccc1. The molecule has 25 heavy (non-hydrogen) atoms. The Bertz CT molecular complexity index is 832. The maximum Gasteiger partial charge on any atom is 0.250 e. The van der Waals surface area contributed by atoms with Gasteiger partial charge in [0.1, 0.15) is 0 Å². The minimum Gasteiger partial charge on any atom is -0.356 e. The smallest absolute Gasteiger partial charge is 0.250 e. The average molecular weight is 353 g/mol. The fraction of sp³-hybridized carbons (Fsp3) is 0.400. The second-order valence-corrected chi connectivity index (χ2v) is 7.57. The van der Waals surface area contributed by atoms with Gasteiger partial charge in [0.25, 0.3) is 5.56 Å². The van der Waals surface area contributed by atoms with Crippen LogP contribution in [-0.2, 0) is 6.54 Å². The van der Waals surface area contributed by atoms with Gasteiger partial charge in [-0.3, -0.25) is 4.79 Å². The van der Waals surface area contributed by atoms with Crippen LogP contribution in [-0.4, -0.2) is 27.7 Å². The molecule has 130 valence electrons.